The zero-order valence-corrected chi connectivity index (χ0v) is 10.9. The second-order valence-corrected chi connectivity index (χ2v) is 5.22. The Kier molecular flexibility index (Phi) is 2.11. The van der Waals surface area contributed by atoms with Crippen LogP contribution >= 0.6 is 12.2 Å². The molecule has 1 aromatic carbocycles. The fourth-order valence-electron chi connectivity index (χ4n) is 2.84. The number of hydrazine groups is 1. The topological polar surface area (TPSA) is 22.1 Å². The lowest BCUT2D eigenvalue weighted by Gasteiger charge is -2.34. The summed E-state index contributed by atoms with van der Waals surface area (Å²) in [5.41, 5.74) is 2.75. The van der Waals surface area contributed by atoms with Gasteiger partial charge < -0.3 is 0 Å². The maximum Gasteiger partial charge on any atom is 0.222 e. The second-order valence-electron chi connectivity index (χ2n) is 4.85. The van der Waals surface area contributed by atoms with E-state index in [2.05, 4.69) is 44.2 Å². The van der Waals surface area contributed by atoms with Gasteiger partial charge in [-0.3, -0.25) is 14.9 Å². The molecule has 1 aromatic rings. The van der Waals surface area contributed by atoms with E-state index in [0.717, 1.165) is 43.7 Å². The summed E-state index contributed by atoms with van der Waals surface area (Å²) < 4.78 is 0. The molecule has 5 heteroatoms. The van der Waals surface area contributed by atoms with Crippen LogP contribution in [0, 0.1) is 0 Å². The van der Waals surface area contributed by atoms with Crippen molar-refractivity contribution < 1.29 is 0 Å². The fraction of sp³-hybridized carbons (Fsp3) is 0.385. The molecule has 4 rings (SSSR count). The smallest absolute Gasteiger partial charge is 0.222 e. The standard InChI is InChI=1S/C13H14N4S/c18-13-15-7-3-6-14-12(15)16-8-10-4-1-2-5-11(10)9-17(13)16/h1-2,4-5H,3,6-9H2. The minimum atomic E-state index is 0.866. The average molecular weight is 258 g/mol. The Bertz CT molecular complexity index is 554. The van der Waals surface area contributed by atoms with Gasteiger partial charge in [0.2, 0.25) is 5.96 Å². The van der Waals surface area contributed by atoms with Crippen molar-refractivity contribution in [2.75, 3.05) is 13.1 Å². The van der Waals surface area contributed by atoms with E-state index in [9.17, 15) is 0 Å². The average Bonchev–Trinajstić information content (AvgIpc) is 2.71. The first-order valence-corrected chi connectivity index (χ1v) is 6.73. The van der Waals surface area contributed by atoms with Gasteiger partial charge in [0.25, 0.3) is 0 Å². The van der Waals surface area contributed by atoms with Crippen molar-refractivity contribution in [3.05, 3.63) is 35.4 Å². The summed E-state index contributed by atoms with van der Waals surface area (Å²) in [6.07, 6.45) is 1.10. The molecule has 0 amide bonds. The Morgan fingerprint density at radius 1 is 1.06 bits per heavy atom. The van der Waals surface area contributed by atoms with Crippen LogP contribution < -0.4 is 0 Å². The molecular weight excluding hydrogens is 244 g/mol. The lowest BCUT2D eigenvalue weighted by atomic mass is 10.1. The van der Waals surface area contributed by atoms with Crippen LogP contribution in [0.4, 0.5) is 0 Å². The molecule has 0 atom stereocenters. The molecule has 0 aromatic heterocycles. The first-order valence-electron chi connectivity index (χ1n) is 6.32. The van der Waals surface area contributed by atoms with Crippen LogP contribution in [0.3, 0.4) is 0 Å². The van der Waals surface area contributed by atoms with Crippen molar-refractivity contribution >= 4 is 23.3 Å². The van der Waals surface area contributed by atoms with Crippen LogP contribution in [0.1, 0.15) is 17.5 Å². The Hall–Kier alpha value is -1.62. The molecule has 0 unspecified atom stereocenters. The Balaban J connectivity index is 1.77. The molecular formula is C13H14N4S. The third-order valence-corrected chi connectivity index (χ3v) is 4.20. The van der Waals surface area contributed by atoms with E-state index in [1.807, 2.05) is 0 Å². The van der Waals surface area contributed by atoms with Gasteiger partial charge in [-0.15, -0.1) is 0 Å². The largest absolute Gasteiger partial charge is 0.286 e. The predicted molar refractivity (Wildman–Crippen MR) is 73.8 cm³/mol. The number of aliphatic imine (C=N–C) groups is 1. The molecule has 3 aliphatic heterocycles. The van der Waals surface area contributed by atoms with Crippen molar-refractivity contribution in [1.29, 1.82) is 0 Å². The number of fused-ring (bicyclic) bond motifs is 4. The summed E-state index contributed by atoms with van der Waals surface area (Å²) in [4.78, 5) is 6.81. The van der Waals surface area contributed by atoms with Gasteiger partial charge in [-0.05, 0) is 29.8 Å². The molecule has 0 radical (unpaired) electrons. The zero-order valence-electron chi connectivity index (χ0n) is 10.0. The lowest BCUT2D eigenvalue weighted by molar-refractivity contribution is 0.115. The van der Waals surface area contributed by atoms with Crippen LogP contribution in [0.5, 0.6) is 0 Å². The van der Waals surface area contributed by atoms with Gasteiger partial charge in [0, 0.05) is 13.1 Å². The summed E-state index contributed by atoms with van der Waals surface area (Å²) in [6.45, 7) is 3.66. The molecule has 0 aliphatic carbocycles. The van der Waals surface area contributed by atoms with Crippen molar-refractivity contribution in [2.24, 2.45) is 4.99 Å². The summed E-state index contributed by atoms with van der Waals surface area (Å²) in [6, 6.07) is 8.58. The molecule has 0 bridgehead atoms. The minimum Gasteiger partial charge on any atom is -0.286 e. The van der Waals surface area contributed by atoms with Crippen LogP contribution in [0.15, 0.2) is 29.3 Å². The SMILES string of the molecule is S=C1N2CCCN=C2N2Cc3ccccc3CN12. The third-order valence-electron chi connectivity index (χ3n) is 3.77. The third kappa shape index (κ3) is 1.31. The van der Waals surface area contributed by atoms with Crippen LogP contribution in [0.25, 0.3) is 0 Å². The highest BCUT2D eigenvalue weighted by Gasteiger charge is 2.41. The molecule has 1 saturated heterocycles. The van der Waals surface area contributed by atoms with Crippen LogP contribution in [-0.4, -0.2) is 39.1 Å². The molecule has 1 fully saturated rings. The minimum absolute atomic E-state index is 0.866. The van der Waals surface area contributed by atoms with E-state index in [4.69, 9.17) is 12.2 Å². The summed E-state index contributed by atoms with van der Waals surface area (Å²) >= 11 is 5.57. The van der Waals surface area contributed by atoms with Crippen molar-refractivity contribution in [3.8, 4) is 0 Å². The summed E-state index contributed by atoms with van der Waals surface area (Å²) in [5.74, 6) is 1.04. The van der Waals surface area contributed by atoms with Gasteiger partial charge in [0.1, 0.15) is 0 Å². The Labute approximate surface area is 111 Å². The van der Waals surface area contributed by atoms with Gasteiger partial charge in [-0.25, -0.2) is 5.01 Å². The molecule has 18 heavy (non-hydrogen) atoms. The van der Waals surface area contributed by atoms with Gasteiger partial charge in [0.05, 0.1) is 13.1 Å². The summed E-state index contributed by atoms with van der Waals surface area (Å²) in [5, 5.41) is 5.31. The van der Waals surface area contributed by atoms with E-state index in [-0.39, 0.29) is 0 Å². The van der Waals surface area contributed by atoms with Gasteiger partial charge in [0.15, 0.2) is 5.11 Å². The van der Waals surface area contributed by atoms with Crippen molar-refractivity contribution in [3.63, 3.8) is 0 Å². The van der Waals surface area contributed by atoms with E-state index >= 15 is 0 Å². The maximum atomic E-state index is 5.57. The lowest BCUT2D eigenvalue weighted by Crippen LogP contribution is -2.43. The van der Waals surface area contributed by atoms with Crippen molar-refractivity contribution in [2.45, 2.75) is 19.5 Å². The van der Waals surface area contributed by atoms with E-state index in [1.165, 1.54) is 11.1 Å². The highest BCUT2D eigenvalue weighted by molar-refractivity contribution is 7.80. The van der Waals surface area contributed by atoms with Crippen molar-refractivity contribution in [1.82, 2.24) is 14.9 Å². The second kappa shape index (κ2) is 3.68. The molecule has 0 N–H and O–H groups in total. The maximum absolute atomic E-state index is 5.57. The van der Waals surface area contributed by atoms with E-state index in [0.29, 0.717) is 0 Å². The monoisotopic (exact) mass is 258 g/mol. The number of thiocarbonyl (C=S) groups is 1. The van der Waals surface area contributed by atoms with Crippen LogP contribution in [-0.2, 0) is 13.1 Å². The van der Waals surface area contributed by atoms with Gasteiger partial charge in [-0.2, -0.15) is 0 Å². The number of guanidine groups is 1. The number of hydrogen-bond acceptors (Lipinski definition) is 3. The van der Waals surface area contributed by atoms with Gasteiger partial charge in [-0.1, -0.05) is 24.3 Å². The molecule has 3 aliphatic rings. The first-order chi connectivity index (χ1) is 8.84. The summed E-state index contributed by atoms with van der Waals surface area (Å²) in [7, 11) is 0. The molecule has 0 spiro atoms. The Morgan fingerprint density at radius 2 is 1.78 bits per heavy atom. The Morgan fingerprint density at radius 3 is 2.56 bits per heavy atom. The quantitative estimate of drug-likeness (QED) is 0.659. The highest BCUT2D eigenvalue weighted by atomic mass is 32.1. The molecule has 4 nitrogen and oxygen atoms in total. The van der Waals surface area contributed by atoms with Crippen LogP contribution in [0.2, 0.25) is 0 Å². The van der Waals surface area contributed by atoms with Gasteiger partial charge >= 0.3 is 0 Å². The number of benzene rings is 1. The predicted octanol–water partition coefficient (Wildman–Crippen LogP) is 1.58. The van der Waals surface area contributed by atoms with E-state index in [1.54, 1.807) is 0 Å². The normalized spacial score (nSPS) is 21.4. The van der Waals surface area contributed by atoms with E-state index < -0.39 is 0 Å². The zero-order chi connectivity index (χ0) is 12.1. The fourth-order valence-corrected chi connectivity index (χ4v) is 3.18. The molecule has 0 saturated carbocycles. The highest BCUT2D eigenvalue weighted by Crippen LogP contribution is 2.30. The molecule has 92 valence electrons. The molecule has 3 heterocycles. The number of rotatable bonds is 0. The first kappa shape index (κ1) is 10.3. The number of hydrogen-bond donors (Lipinski definition) is 0. The number of nitrogens with zero attached hydrogens (tertiary/aromatic N) is 4.